The van der Waals surface area contributed by atoms with Crippen molar-refractivity contribution in [2.24, 2.45) is 0 Å². The van der Waals surface area contributed by atoms with Gasteiger partial charge in [-0.3, -0.25) is 10.1 Å². The molecular formula is C22H24ClN4O2+. The molecule has 1 aliphatic heterocycles. The van der Waals surface area contributed by atoms with E-state index in [-0.39, 0.29) is 5.91 Å². The number of nitrogens with one attached hydrogen (secondary N) is 2. The van der Waals surface area contributed by atoms with Gasteiger partial charge in [-0.05, 0) is 19.1 Å². The van der Waals surface area contributed by atoms with Crippen LogP contribution in [0, 0.1) is 6.92 Å². The number of carbonyl (C=O) groups is 1. The van der Waals surface area contributed by atoms with Crippen LogP contribution in [0.1, 0.15) is 5.56 Å². The zero-order valence-corrected chi connectivity index (χ0v) is 17.1. The van der Waals surface area contributed by atoms with Crippen molar-refractivity contribution >= 4 is 29.1 Å². The number of piperazine rings is 1. The van der Waals surface area contributed by atoms with Crippen molar-refractivity contribution < 1.29 is 14.2 Å². The highest BCUT2D eigenvalue weighted by molar-refractivity contribution is 6.33. The maximum atomic E-state index is 12.4. The molecule has 0 radical (unpaired) electrons. The third kappa shape index (κ3) is 4.78. The van der Waals surface area contributed by atoms with Crippen molar-refractivity contribution in [3.05, 3.63) is 65.2 Å². The van der Waals surface area contributed by atoms with Gasteiger partial charge in [-0.1, -0.05) is 58.7 Å². The van der Waals surface area contributed by atoms with Gasteiger partial charge in [-0.2, -0.15) is 0 Å². The first-order valence-corrected chi connectivity index (χ1v) is 10.1. The summed E-state index contributed by atoms with van der Waals surface area (Å²) in [5, 5.41) is 7.64. The Hall–Kier alpha value is -2.83. The van der Waals surface area contributed by atoms with E-state index >= 15 is 0 Å². The summed E-state index contributed by atoms with van der Waals surface area (Å²) < 4.78 is 5.28. The average Bonchev–Trinajstić information content (AvgIpc) is 3.18. The number of hydrogen-bond donors (Lipinski definition) is 2. The number of nitrogens with zero attached hydrogens (tertiary/aromatic N) is 2. The van der Waals surface area contributed by atoms with E-state index in [0.717, 1.165) is 42.5 Å². The smallest absolute Gasteiger partial charge is 0.281 e. The molecule has 0 saturated carbocycles. The molecule has 2 heterocycles. The number of hydrogen-bond acceptors (Lipinski definition) is 4. The number of carbonyl (C=O) groups excluding carboxylic acids is 1. The zero-order valence-electron chi connectivity index (χ0n) is 16.3. The van der Waals surface area contributed by atoms with E-state index in [0.29, 0.717) is 18.1 Å². The largest absolute Gasteiger partial charge is 0.359 e. The molecular weight excluding hydrogens is 388 g/mol. The highest BCUT2D eigenvalue weighted by atomic mass is 35.5. The Bertz CT molecular complexity index is 978. The molecule has 1 saturated heterocycles. The van der Waals surface area contributed by atoms with Crippen LogP contribution in [-0.4, -0.2) is 43.8 Å². The highest BCUT2D eigenvalue weighted by Crippen LogP contribution is 2.25. The average molecular weight is 412 g/mol. The van der Waals surface area contributed by atoms with Gasteiger partial charge in [-0.15, -0.1) is 0 Å². The summed E-state index contributed by atoms with van der Waals surface area (Å²) in [6, 6.07) is 17.7. The summed E-state index contributed by atoms with van der Waals surface area (Å²) in [4.78, 5) is 15.9. The van der Waals surface area contributed by atoms with Gasteiger partial charge >= 0.3 is 0 Å². The highest BCUT2D eigenvalue weighted by Gasteiger charge is 2.24. The zero-order chi connectivity index (χ0) is 20.2. The summed E-state index contributed by atoms with van der Waals surface area (Å²) in [6.45, 7) is 5.93. The topological polar surface area (TPSA) is 62.8 Å². The minimum Gasteiger partial charge on any atom is -0.359 e. The summed E-state index contributed by atoms with van der Waals surface area (Å²) >= 11 is 6.29. The van der Waals surface area contributed by atoms with Crippen molar-refractivity contribution in [3.8, 4) is 11.3 Å². The first-order valence-electron chi connectivity index (χ1n) is 9.75. The van der Waals surface area contributed by atoms with E-state index in [1.54, 1.807) is 6.07 Å². The van der Waals surface area contributed by atoms with Crippen molar-refractivity contribution in [3.63, 3.8) is 0 Å². The number of benzene rings is 2. The number of para-hydroxylation sites is 1. The second-order valence-corrected chi connectivity index (χ2v) is 7.76. The Morgan fingerprint density at radius 3 is 2.62 bits per heavy atom. The lowest BCUT2D eigenvalue weighted by Crippen LogP contribution is -3.15. The molecule has 0 unspecified atom stereocenters. The van der Waals surface area contributed by atoms with E-state index in [9.17, 15) is 4.79 Å². The van der Waals surface area contributed by atoms with Crippen LogP contribution in [0.25, 0.3) is 11.3 Å². The molecule has 2 N–H and O–H groups in total. The number of anilines is 2. The van der Waals surface area contributed by atoms with Crippen molar-refractivity contribution in [2.45, 2.75) is 6.92 Å². The number of amides is 1. The quantitative estimate of drug-likeness (QED) is 0.677. The lowest BCUT2D eigenvalue weighted by Gasteiger charge is -2.33. The van der Waals surface area contributed by atoms with Gasteiger partial charge in [-0.25, -0.2) is 0 Å². The predicted molar refractivity (Wildman–Crippen MR) is 115 cm³/mol. The van der Waals surface area contributed by atoms with Crippen LogP contribution in [0.2, 0.25) is 5.02 Å². The second-order valence-electron chi connectivity index (χ2n) is 7.36. The predicted octanol–water partition coefficient (Wildman–Crippen LogP) is 2.65. The Balaban J connectivity index is 1.29. The molecule has 1 aliphatic rings. The molecule has 0 spiro atoms. The first-order chi connectivity index (χ1) is 14.1. The second kappa shape index (κ2) is 8.68. The third-order valence-corrected chi connectivity index (χ3v) is 5.51. The fourth-order valence-corrected chi connectivity index (χ4v) is 3.81. The first kappa shape index (κ1) is 19.5. The van der Waals surface area contributed by atoms with E-state index in [1.807, 2.05) is 55.5 Å². The minimum absolute atomic E-state index is 0.0715. The SMILES string of the molecule is Cc1ccc(-c2cc(NC(=O)C[NH+]3CCN(c4ccccc4Cl)CC3)on2)cc1. The number of rotatable bonds is 5. The van der Waals surface area contributed by atoms with Crippen LogP contribution in [0.15, 0.2) is 59.1 Å². The van der Waals surface area contributed by atoms with Crippen molar-refractivity contribution in [2.75, 3.05) is 42.9 Å². The van der Waals surface area contributed by atoms with Crippen LogP contribution in [-0.2, 0) is 4.79 Å². The summed E-state index contributed by atoms with van der Waals surface area (Å²) in [5.41, 5.74) is 3.91. The minimum atomic E-state index is -0.0715. The van der Waals surface area contributed by atoms with Crippen LogP contribution in [0.4, 0.5) is 11.6 Å². The molecule has 7 heteroatoms. The molecule has 150 valence electrons. The van der Waals surface area contributed by atoms with Gasteiger partial charge < -0.3 is 14.3 Å². The monoisotopic (exact) mass is 411 g/mol. The molecule has 29 heavy (non-hydrogen) atoms. The molecule has 0 aliphatic carbocycles. The van der Waals surface area contributed by atoms with Crippen LogP contribution < -0.4 is 15.1 Å². The van der Waals surface area contributed by atoms with Crippen LogP contribution in [0.5, 0.6) is 0 Å². The fraction of sp³-hybridized carbons (Fsp3) is 0.273. The lowest BCUT2D eigenvalue weighted by molar-refractivity contribution is -0.892. The number of aryl methyl sites for hydroxylation is 1. The van der Waals surface area contributed by atoms with E-state index in [4.69, 9.17) is 16.1 Å². The van der Waals surface area contributed by atoms with Crippen LogP contribution >= 0.6 is 11.6 Å². The molecule has 6 nitrogen and oxygen atoms in total. The molecule has 2 aromatic carbocycles. The van der Waals surface area contributed by atoms with Crippen molar-refractivity contribution in [1.29, 1.82) is 0 Å². The van der Waals surface area contributed by atoms with E-state index < -0.39 is 0 Å². The Labute approximate surface area is 175 Å². The molecule has 0 bridgehead atoms. The van der Waals surface area contributed by atoms with E-state index in [2.05, 4.69) is 15.4 Å². The van der Waals surface area contributed by atoms with E-state index in [1.165, 1.54) is 10.5 Å². The third-order valence-electron chi connectivity index (χ3n) is 5.19. The van der Waals surface area contributed by atoms with Gasteiger partial charge in [0.1, 0.15) is 5.69 Å². The number of quaternary nitrogens is 1. The maximum Gasteiger partial charge on any atom is 0.281 e. The van der Waals surface area contributed by atoms with Gasteiger partial charge in [0.25, 0.3) is 5.91 Å². The Morgan fingerprint density at radius 2 is 1.90 bits per heavy atom. The summed E-state index contributed by atoms with van der Waals surface area (Å²) in [6.07, 6.45) is 0. The molecule has 4 rings (SSSR count). The molecule has 1 amide bonds. The molecule has 1 fully saturated rings. The molecule has 0 atom stereocenters. The Kier molecular flexibility index (Phi) is 5.83. The van der Waals surface area contributed by atoms with Gasteiger partial charge in [0.05, 0.1) is 36.9 Å². The standard InChI is InChI=1S/C22H23ClN4O2/c1-16-6-8-17(9-7-16)19-14-22(29-25-19)24-21(28)15-26-10-12-27(13-11-26)20-5-3-2-4-18(20)23/h2-9,14H,10-13,15H2,1H3,(H,24,28)/p+1. The van der Waals surface area contributed by atoms with Crippen molar-refractivity contribution in [1.82, 2.24) is 5.16 Å². The number of halogens is 1. The lowest BCUT2D eigenvalue weighted by atomic mass is 10.1. The normalized spacial score (nSPS) is 14.8. The maximum absolute atomic E-state index is 12.4. The van der Waals surface area contributed by atoms with Crippen LogP contribution in [0.3, 0.4) is 0 Å². The number of aromatic nitrogens is 1. The Morgan fingerprint density at radius 1 is 1.17 bits per heavy atom. The van der Waals surface area contributed by atoms with Gasteiger partial charge in [0.15, 0.2) is 6.54 Å². The fourth-order valence-electron chi connectivity index (χ4n) is 3.55. The molecule has 3 aromatic rings. The molecule has 1 aromatic heterocycles. The summed E-state index contributed by atoms with van der Waals surface area (Å²) in [7, 11) is 0. The van der Waals surface area contributed by atoms with Gasteiger partial charge in [0.2, 0.25) is 5.88 Å². The van der Waals surface area contributed by atoms with Gasteiger partial charge in [0, 0.05) is 11.6 Å². The summed E-state index contributed by atoms with van der Waals surface area (Å²) in [5.74, 6) is 0.303.